The lowest BCUT2D eigenvalue weighted by molar-refractivity contribution is 0.198. The van der Waals surface area contributed by atoms with Crippen molar-refractivity contribution in [1.82, 2.24) is 20.3 Å². The van der Waals surface area contributed by atoms with Gasteiger partial charge in [-0.3, -0.25) is 9.89 Å². The average molecular weight is 541 g/mol. The van der Waals surface area contributed by atoms with Crippen LogP contribution in [-0.2, 0) is 16.6 Å². The molecule has 2 rings (SSSR count). The Bertz CT molecular complexity index is 763. The van der Waals surface area contributed by atoms with Crippen molar-refractivity contribution in [2.75, 3.05) is 32.9 Å². The van der Waals surface area contributed by atoms with Crippen LogP contribution in [-0.4, -0.2) is 63.8 Å². The van der Waals surface area contributed by atoms with E-state index in [-0.39, 0.29) is 29.8 Å². The van der Waals surface area contributed by atoms with Crippen LogP contribution in [0.4, 0.5) is 4.39 Å². The van der Waals surface area contributed by atoms with E-state index in [9.17, 15) is 12.8 Å². The van der Waals surface area contributed by atoms with Gasteiger partial charge in [0, 0.05) is 44.8 Å². The highest BCUT2D eigenvalue weighted by Crippen LogP contribution is 2.14. The van der Waals surface area contributed by atoms with Gasteiger partial charge in [-0.15, -0.1) is 24.0 Å². The van der Waals surface area contributed by atoms with Gasteiger partial charge in [0.15, 0.2) is 5.96 Å². The number of guanidine groups is 1. The molecule has 1 fully saturated rings. The first-order valence-corrected chi connectivity index (χ1v) is 11.4. The predicted molar refractivity (Wildman–Crippen MR) is 127 cm³/mol. The molecule has 1 aromatic rings. The fourth-order valence-corrected chi connectivity index (χ4v) is 4.39. The summed E-state index contributed by atoms with van der Waals surface area (Å²) in [4.78, 5) is 6.61. The zero-order valence-corrected chi connectivity index (χ0v) is 20.7. The Labute approximate surface area is 191 Å². The Morgan fingerprint density at radius 3 is 2.34 bits per heavy atom. The van der Waals surface area contributed by atoms with Crippen molar-refractivity contribution in [2.45, 2.75) is 44.8 Å². The minimum absolute atomic E-state index is 0. The molecule has 1 aliphatic heterocycles. The molecule has 166 valence electrons. The Morgan fingerprint density at radius 2 is 1.83 bits per heavy atom. The largest absolute Gasteiger partial charge is 0.355 e. The number of sulfonamides is 1. The molecule has 0 atom stereocenters. The minimum atomic E-state index is -3.27. The molecule has 3 N–H and O–H groups in total. The zero-order chi connectivity index (χ0) is 20.8. The molecule has 1 heterocycles. The van der Waals surface area contributed by atoms with Gasteiger partial charge in [-0.05, 0) is 44.4 Å². The second-order valence-corrected chi connectivity index (χ2v) is 9.75. The summed E-state index contributed by atoms with van der Waals surface area (Å²) in [6.45, 7) is 6.79. The van der Waals surface area contributed by atoms with Crippen LogP contribution in [0.3, 0.4) is 0 Å². The van der Waals surface area contributed by atoms with Crippen LogP contribution in [0, 0.1) is 5.82 Å². The maximum atomic E-state index is 13.0. The molecule has 0 spiro atoms. The van der Waals surface area contributed by atoms with Crippen molar-refractivity contribution in [3.63, 3.8) is 0 Å². The van der Waals surface area contributed by atoms with Crippen molar-refractivity contribution >= 4 is 40.0 Å². The number of benzene rings is 1. The van der Waals surface area contributed by atoms with Crippen LogP contribution in [0.2, 0.25) is 0 Å². The third kappa shape index (κ3) is 10.1. The van der Waals surface area contributed by atoms with Crippen LogP contribution in [0.15, 0.2) is 29.3 Å². The van der Waals surface area contributed by atoms with Crippen LogP contribution in [0.25, 0.3) is 0 Å². The van der Waals surface area contributed by atoms with E-state index in [0.717, 1.165) is 44.3 Å². The molecular formula is C19H33FIN5O2S. The normalized spacial score (nSPS) is 16.9. The summed E-state index contributed by atoms with van der Waals surface area (Å²) in [5, 5.41) is 6.62. The van der Waals surface area contributed by atoms with Gasteiger partial charge in [-0.1, -0.05) is 12.1 Å². The van der Waals surface area contributed by atoms with Crippen LogP contribution < -0.4 is 15.4 Å². The molecule has 10 heteroatoms. The van der Waals surface area contributed by atoms with Gasteiger partial charge in [0.25, 0.3) is 0 Å². The Hall–Kier alpha value is -0.980. The fourth-order valence-electron chi connectivity index (χ4n) is 3.31. The highest BCUT2D eigenvalue weighted by Gasteiger charge is 2.24. The Morgan fingerprint density at radius 1 is 1.24 bits per heavy atom. The summed E-state index contributed by atoms with van der Waals surface area (Å²) in [6, 6.07) is 6.97. The first kappa shape index (κ1) is 26.1. The minimum Gasteiger partial charge on any atom is -0.355 e. The van der Waals surface area contributed by atoms with Crippen molar-refractivity contribution in [3.05, 3.63) is 35.6 Å². The molecule has 0 saturated carbocycles. The molecule has 0 aliphatic carbocycles. The first-order valence-electron chi connectivity index (χ1n) is 9.49. The first-order chi connectivity index (χ1) is 13.1. The number of likely N-dealkylation sites (tertiary alicyclic amines) is 1. The van der Waals surface area contributed by atoms with Gasteiger partial charge < -0.3 is 10.6 Å². The summed E-state index contributed by atoms with van der Waals surface area (Å²) in [5.74, 6) is 0.459. The standard InChI is InChI=1S/C19H32FN5O2S.HI/c1-19(2,24-28(4,26)27)14-22-18(21-3)23-17-9-11-25(12-10-17)13-15-5-7-16(20)8-6-15;/h5-8,17,24H,9-14H2,1-4H3,(H2,21,22,23);1H. The van der Waals surface area contributed by atoms with Gasteiger partial charge >= 0.3 is 0 Å². The highest BCUT2D eigenvalue weighted by atomic mass is 127. The number of nitrogens with one attached hydrogen (secondary N) is 3. The molecule has 0 radical (unpaired) electrons. The summed E-state index contributed by atoms with van der Waals surface area (Å²) < 4.78 is 38.5. The number of halogens is 2. The highest BCUT2D eigenvalue weighted by molar-refractivity contribution is 14.0. The molecule has 0 bridgehead atoms. The van der Waals surface area contributed by atoms with Crippen molar-refractivity contribution < 1.29 is 12.8 Å². The monoisotopic (exact) mass is 541 g/mol. The molecule has 0 unspecified atom stereocenters. The van der Waals surface area contributed by atoms with Gasteiger partial charge in [-0.25, -0.2) is 17.5 Å². The van der Waals surface area contributed by atoms with Crippen LogP contribution >= 0.6 is 24.0 Å². The van der Waals surface area contributed by atoms with E-state index in [4.69, 9.17) is 0 Å². The van der Waals surface area contributed by atoms with Gasteiger partial charge in [0.2, 0.25) is 10.0 Å². The molecule has 1 aliphatic rings. The smallest absolute Gasteiger partial charge is 0.209 e. The van der Waals surface area contributed by atoms with E-state index in [0.29, 0.717) is 18.5 Å². The molecule has 7 nitrogen and oxygen atoms in total. The lowest BCUT2D eigenvalue weighted by Crippen LogP contribution is -2.55. The molecular weight excluding hydrogens is 508 g/mol. The van der Waals surface area contributed by atoms with Crippen LogP contribution in [0.1, 0.15) is 32.3 Å². The molecule has 0 amide bonds. The lowest BCUT2D eigenvalue weighted by atomic mass is 10.0. The summed E-state index contributed by atoms with van der Waals surface area (Å²) >= 11 is 0. The van der Waals surface area contributed by atoms with Gasteiger partial charge in [-0.2, -0.15) is 0 Å². The second-order valence-electron chi connectivity index (χ2n) is 8.01. The van der Waals surface area contributed by atoms with Gasteiger partial charge in [0.05, 0.1) is 6.26 Å². The summed E-state index contributed by atoms with van der Waals surface area (Å²) in [7, 11) is -1.57. The number of hydrogen-bond acceptors (Lipinski definition) is 4. The third-order valence-corrected chi connectivity index (χ3v) is 5.55. The van der Waals surface area contributed by atoms with E-state index < -0.39 is 15.6 Å². The Balaban J connectivity index is 0.00000420. The maximum absolute atomic E-state index is 13.0. The van der Waals surface area contributed by atoms with Crippen molar-refractivity contribution in [1.29, 1.82) is 0 Å². The predicted octanol–water partition coefficient (Wildman–Crippen LogP) is 1.90. The summed E-state index contributed by atoms with van der Waals surface area (Å²) in [5.41, 5.74) is 0.495. The SMILES string of the molecule is CN=C(NCC(C)(C)NS(C)(=O)=O)NC1CCN(Cc2ccc(F)cc2)CC1.I. The lowest BCUT2D eigenvalue weighted by Gasteiger charge is -2.33. The number of rotatable bonds is 7. The average Bonchev–Trinajstić information content (AvgIpc) is 2.60. The number of aliphatic imine (C=N–C) groups is 1. The third-order valence-electron chi connectivity index (χ3n) is 4.63. The van der Waals surface area contributed by atoms with Crippen LogP contribution in [0.5, 0.6) is 0 Å². The van der Waals surface area contributed by atoms with E-state index in [1.807, 2.05) is 26.0 Å². The number of piperidine rings is 1. The topological polar surface area (TPSA) is 85.8 Å². The van der Waals surface area contributed by atoms with E-state index in [1.54, 1.807) is 7.05 Å². The maximum Gasteiger partial charge on any atom is 0.209 e. The number of hydrogen-bond donors (Lipinski definition) is 3. The fraction of sp³-hybridized carbons (Fsp3) is 0.632. The van der Waals surface area contributed by atoms with E-state index in [2.05, 4.69) is 25.2 Å². The van der Waals surface area contributed by atoms with Crippen molar-refractivity contribution in [2.24, 2.45) is 4.99 Å². The summed E-state index contributed by atoms with van der Waals surface area (Å²) in [6.07, 6.45) is 3.11. The Kier molecular flexibility index (Phi) is 10.3. The van der Waals surface area contributed by atoms with E-state index in [1.165, 1.54) is 12.1 Å². The van der Waals surface area contributed by atoms with Crippen molar-refractivity contribution in [3.8, 4) is 0 Å². The quantitative estimate of drug-likeness (QED) is 0.279. The number of nitrogens with zero attached hydrogens (tertiary/aromatic N) is 2. The second kappa shape index (κ2) is 11.4. The van der Waals surface area contributed by atoms with E-state index >= 15 is 0 Å². The molecule has 29 heavy (non-hydrogen) atoms. The zero-order valence-electron chi connectivity index (χ0n) is 17.5. The van der Waals surface area contributed by atoms with Gasteiger partial charge in [0.1, 0.15) is 5.82 Å². The molecule has 1 saturated heterocycles. The molecule has 1 aromatic carbocycles. The molecule has 0 aromatic heterocycles.